The Morgan fingerprint density at radius 2 is 1.96 bits per heavy atom. The van der Waals surface area contributed by atoms with Crippen LogP contribution in [0.3, 0.4) is 0 Å². The fourth-order valence-electron chi connectivity index (χ4n) is 2.32. The van der Waals surface area contributed by atoms with E-state index in [2.05, 4.69) is 5.32 Å². The van der Waals surface area contributed by atoms with Crippen LogP contribution >= 0.6 is 11.6 Å². The molecule has 0 saturated carbocycles. The van der Waals surface area contributed by atoms with Crippen LogP contribution in [0.2, 0.25) is 5.02 Å². The number of amides is 1. The van der Waals surface area contributed by atoms with Crippen molar-refractivity contribution in [2.45, 2.75) is 6.18 Å². The molecule has 0 aliphatic carbocycles. The van der Waals surface area contributed by atoms with Gasteiger partial charge < -0.3 is 14.5 Å². The number of benzene rings is 2. The number of anilines is 1. The summed E-state index contributed by atoms with van der Waals surface area (Å²) in [6, 6.07) is 9.72. The molecule has 0 atom stereocenters. The molecule has 1 heterocycles. The molecule has 2 aromatic carbocycles. The van der Waals surface area contributed by atoms with E-state index in [4.69, 9.17) is 20.8 Å². The first kappa shape index (κ1) is 17.2. The van der Waals surface area contributed by atoms with Crippen LogP contribution in [0, 0.1) is 0 Å². The Morgan fingerprint density at radius 1 is 1.20 bits per heavy atom. The maximum Gasteiger partial charge on any atom is 0.417 e. The standard InChI is InChI=1S/C17H11ClF3NO3/c1-24-13-4-2-3-9-7-14(25-15(9)13)16(23)22-10-5-6-12(18)11(8-10)17(19,20)21/h2-8H,1H3,(H,22,23). The van der Waals surface area contributed by atoms with Gasteiger partial charge in [-0.05, 0) is 30.3 Å². The van der Waals surface area contributed by atoms with E-state index >= 15 is 0 Å². The molecule has 0 saturated heterocycles. The summed E-state index contributed by atoms with van der Waals surface area (Å²) in [6.45, 7) is 0. The number of carbonyl (C=O) groups excluding carboxylic acids is 1. The van der Waals surface area contributed by atoms with E-state index in [-0.39, 0.29) is 11.4 Å². The van der Waals surface area contributed by atoms with Gasteiger partial charge in [-0.15, -0.1) is 0 Å². The van der Waals surface area contributed by atoms with Crippen LogP contribution in [0.15, 0.2) is 46.9 Å². The van der Waals surface area contributed by atoms with E-state index in [0.29, 0.717) is 16.7 Å². The van der Waals surface area contributed by atoms with Crippen LogP contribution in [0.5, 0.6) is 5.75 Å². The highest BCUT2D eigenvalue weighted by atomic mass is 35.5. The van der Waals surface area contributed by atoms with E-state index in [9.17, 15) is 18.0 Å². The van der Waals surface area contributed by atoms with Crippen molar-refractivity contribution in [2.24, 2.45) is 0 Å². The molecule has 0 bridgehead atoms. The Labute approximate surface area is 145 Å². The normalized spacial score (nSPS) is 11.6. The first-order chi connectivity index (χ1) is 11.8. The lowest BCUT2D eigenvalue weighted by atomic mass is 10.2. The summed E-state index contributed by atoms with van der Waals surface area (Å²) in [4.78, 5) is 12.3. The summed E-state index contributed by atoms with van der Waals surface area (Å²) in [5.74, 6) is -0.292. The molecule has 4 nitrogen and oxygen atoms in total. The summed E-state index contributed by atoms with van der Waals surface area (Å²) >= 11 is 5.56. The molecular formula is C17H11ClF3NO3. The molecule has 3 rings (SSSR count). The lowest BCUT2D eigenvalue weighted by Crippen LogP contribution is -2.12. The molecular weight excluding hydrogens is 359 g/mol. The molecule has 8 heteroatoms. The van der Waals surface area contributed by atoms with Gasteiger partial charge >= 0.3 is 6.18 Å². The number of carbonyl (C=O) groups is 1. The highest BCUT2D eigenvalue weighted by Gasteiger charge is 2.33. The number of nitrogens with one attached hydrogen (secondary N) is 1. The van der Waals surface area contributed by atoms with Crippen LogP contribution in [0.1, 0.15) is 16.1 Å². The van der Waals surface area contributed by atoms with Crippen molar-refractivity contribution >= 4 is 34.2 Å². The van der Waals surface area contributed by atoms with E-state index in [1.807, 2.05) is 0 Å². The molecule has 0 fully saturated rings. The van der Waals surface area contributed by atoms with Crippen LogP contribution in [0.4, 0.5) is 18.9 Å². The molecule has 0 aliphatic heterocycles. The Balaban J connectivity index is 1.90. The zero-order valence-corrected chi connectivity index (χ0v) is 13.5. The number of ether oxygens (including phenoxy) is 1. The molecule has 1 N–H and O–H groups in total. The second-order valence-electron chi connectivity index (χ2n) is 5.14. The van der Waals surface area contributed by atoms with Gasteiger partial charge in [-0.2, -0.15) is 13.2 Å². The molecule has 1 amide bonds. The highest BCUT2D eigenvalue weighted by molar-refractivity contribution is 6.31. The minimum absolute atomic E-state index is 0.0471. The first-order valence-electron chi connectivity index (χ1n) is 7.04. The van der Waals surface area contributed by atoms with Crippen molar-refractivity contribution in [1.82, 2.24) is 0 Å². The smallest absolute Gasteiger partial charge is 0.417 e. The van der Waals surface area contributed by atoms with Crippen molar-refractivity contribution in [3.8, 4) is 5.75 Å². The monoisotopic (exact) mass is 369 g/mol. The van der Waals surface area contributed by atoms with E-state index in [1.54, 1.807) is 18.2 Å². The zero-order valence-electron chi connectivity index (χ0n) is 12.8. The maximum absolute atomic E-state index is 12.9. The summed E-state index contributed by atoms with van der Waals surface area (Å²) in [5.41, 5.74) is -0.699. The third-order valence-electron chi connectivity index (χ3n) is 3.48. The van der Waals surface area contributed by atoms with Gasteiger partial charge in [-0.25, -0.2) is 0 Å². The van der Waals surface area contributed by atoms with Gasteiger partial charge in [0.1, 0.15) is 0 Å². The number of hydrogen-bond donors (Lipinski definition) is 1. The molecule has 1 aromatic heterocycles. The van der Waals surface area contributed by atoms with Gasteiger partial charge in [0.2, 0.25) is 0 Å². The van der Waals surface area contributed by atoms with Gasteiger partial charge in [0.15, 0.2) is 17.1 Å². The number of methoxy groups -OCH3 is 1. The Morgan fingerprint density at radius 3 is 2.64 bits per heavy atom. The maximum atomic E-state index is 12.9. The largest absolute Gasteiger partial charge is 0.493 e. The number of furan rings is 1. The van der Waals surface area contributed by atoms with Gasteiger partial charge in [0, 0.05) is 11.1 Å². The first-order valence-corrected chi connectivity index (χ1v) is 7.42. The molecule has 3 aromatic rings. The third kappa shape index (κ3) is 3.41. The SMILES string of the molecule is COc1cccc2cc(C(=O)Nc3ccc(Cl)c(C(F)(F)F)c3)oc12. The molecule has 0 unspecified atom stereocenters. The van der Waals surface area contributed by atoms with Gasteiger partial charge in [-0.1, -0.05) is 23.7 Å². The molecule has 0 spiro atoms. The quantitative estimate of drug-likeness (QED) is 0.675. The Hall–Kier alpha value is -2.67. The Bertz CT molecular complexity index is 950. The second-order valence-corrected chi connectivity index (χ2v) is 5.54. The van der Waals surface area contributed by atoms with Gasteiger partial charge in [-0.3, -0.25) is 4.79 Å². The number of para-hydroxylation sites is 1. The summed E-state index contributed by atoms with van der Waals surface area (Å²) in [6.07, 6.45) is -4.62. The predicted molar refractivity (Wildman–Crippen MR) is 87.2 cm³/mol. The second kappa shape index (κ2) is 6.33. The van der Waals surface area contributed by atoms with Gasteiger partial charge in [0.05, 0.1) is 17.7 Å². The summed E-state index contributed by atoms with van der Waals surface area (Å²) in [7, 11) is 1.46. The highest BCUT2D eigenvalue weighted by Crippen LogP contribution is 2.36. The average Bonchev–Trinajstić information content (AvgIpc) is 2.99. The topological polar surface area (TPSA) is 51.5 Å². The van der Waals surface area contributed by atoms with Crippen molar-refractivity contribution < 1.29 is 27.1 Å². The zero-order chi connectivity index (χ0) is 18.2. The Kier molecular flexibility index (Phi) is 4.34. The molecule has 25 heavy (non-hydrogen) atoms. The number of hydrogen-bond acceptors (Lipinski definition) is 3. The molecule has 130 valence electrons. The number of alkyl halides is 3. The fraction of sp³-hybridized carbons (Fsp3) is 0.118. The van der Waals surface area contributed by atoms with E-state index < -0.39 is 22.7 Å². The number of fused-ring (bicyclic) bond motifs is 1. The molecule has 0 radical (unpaired) electrons. The van der Waals surface area contributed by atoms with Crippen LogP contribution in [0.25, 0.3) is 11.0 Å². The van der Waals surface area contributed by atoms with Crippen molar-refractivity contribution in [3.63, 3.8) is 0 Å². The minimum Gasteiger partial charge on any atom is -0.493 e. The lowest BCUT2D eigenvalue weighted by Gasteiger charge is -2.11. The van der Waals surface area contributed by atoms with Crippen LogP contribution in [-0.4, -0.2) is 13.0 Å². The van der Waals surface area contributed by atoms with Crippen LogP contribution < -0.4 is 10.1 Å². The van der Waals surface area contributed by atoms with Crippen LogP contribution in [-0.2, 0) is 6.18 Å². The third-order valence-corrected chi connectivity index (χ3v) is 3.81. The average molecular weight is 370 g/mol. The number of halogens is 4. The fourth-order valence-corrected chi connectivity index (χ4v) is 2.55. The summed E-state index contributed by atoms with van der Waals surface area (Å²) < 4.78 is 49.2. The summed E-state index contributed by atoms with van der Waals surface area (Å²) in [5, 5.41) is 2.55. The van der Waals surface area contributed by atoms with E-state index in [0.717, 1.165) is 12.1 Å². The van der Waals surface area contributed by atoms with Crippen molar-refractivity contribution in [3.05, 3.63) is 58.8 Å². The predicted octanol–water partition coefficient (Wildman–Crippen LogP) is 5.37. The molecule has 0 aliphatic rings. The van der Waals surface area contributed by atoms with E-state index in [1.165, 1.54) is 19.2 Å². The number of rotatable bonds is 3. The van der Waals surface area contributed by atoms with Gasteiger partial charge in [0.25, 0.3) is 5.91 Å². The van der Waals surface area contributed by atoms with Crippen molar-refractivity contribution in [2.75, 3.05) is 12.4 Å². The van der Waals surface area contributed by atoms with Crippen molar-refractivity contribution in [1.29, 1.82) is 0 Å². The minimum atomic E-state index is -4.62. The lowest BCUT2D eigenvalue weighted by molar-refractivity contribution is -0.137.